The number of hydrogen-bond acceptors (Lipinski definition) is 5. The van der Waals surface area contributed by atoms with Crippen LogP contribution in [0, 0.1) is 6.92 Å². The van der Waals surface area contributed by atoms with Gasteiger partial charge in [0.15, 0.2) is 0 Å². The van der Waals surface area contributed by atoms with E-state index in [1.54, 1.807) is 13.0 Å². The van der Waals surface area contributed by atoms with Crippen LogP contribution in [0.15, 0.2) is 27.5 Å². The number of amides is 1. The summed E-state index contributed by atoms with van der Waals surface area (Å²) in [6, 6.07) is 5.50. The normalized spacial score (nSPS) is 23.5. The summed E-state index contributed by atoms with van der Waals surface area (Å²) in [5.41, 5.74) is 6.83. The SMILES string of the molecule is Cc1onc2c1c(=O)n(C1CCCC(NC(=O)C3(N)CCCCC3)C1)c1cccc(Cl)c21. The number of halogens is 1. The molecule has 0 aliphatic heterocycles. The highest BCUT2D eigenvalue weighted by molar-refractivity contribution is 6.37. The number of carbonyl (C=O) groups is 1. The molecule has 0 radical (unpaired) electrons. The Bertz CT molecular complexity index is 1240. The van der Waals surface area contributed by atoms with Gasteiger partial charge in [-0.2, -0.15) is 0 Å². The van der Waals surface area contributed by atoms with Crippen molar-refractivity contribution in [2.24, 2.45) is 5.73 Å². The molecular weight excluding hydrogens is 428 g/mol. The van der Waals surface area contributed by atoms with E-state index in [1.165, 1.54) is 0 Å². The van der Waals surface area contributed by atoms with Crippen LogP contribution in [-0.2, 0) is 4.79 Å². The minimum absolute atomic E-state index is 0.0102. The van der Waals surface area contributed by atoms with Gasteiger partial charge in [0, 0.05) is 17.5 Å². The van der Waals surface area contributed by atoms with Gasteiger partial charge in [0.2, 0.25) is 5.91 Å². The summed E-state index contributed by atoms with van der Waals surface area (Å²) in [5.74, 6) is 0.442. The van der Waals surface area contributed by atoms with E-state index < -0.39 is 5.54 Å². The third-order valence-electron chi connectivity index (χ3n) is 7.33. The zero-order valence-electron chi connectivity index (χ0n) is 18.3. The number of pyridine rings is 1. The molecule has 2 unspecified atom stereocenters. The molecule has 2 atom stereocenters. The van der Waals surface area contributed by atoms with Crippen molar-refractivity contribution in [3.63, 3.8) is 0 Å². The number of fused-ring (bicyclic) bond motifs is 3. The van der Waals surface area contributed by atoms with Crippen molar-refractivity contribution in [3.8, 4) is 0 Å². The van der Waals surface area contributed by atoms with E-state index in [1.807, 2.05) is 16.7 Å². The lowest BCUT2D eigenvalue weighted by molar-refractivity contribution is -0.128. The molecule has 2 aliphatic carbocycles. The lowest BCUT2D eigenvalue weighted by atomic mass is 9.81. The molecular formula is C24H29ClN4O3. The average Bonchev–Trinajstić information content (AvgIpc) is 3.16. The average molecular weight is 457 g/mol. The molecule has 5 rings (SSSR count). The summed E-state index contributed by atoms with van der Waals surface area (Å²) < 4.78 is 7.20. The van der Waals surface area contributed by atoms with E-state index >= 15 is 0 Å². The molecule has 2 aliphatic rings. The Morgan fingerprint density at radius 1 is 1.22 bits per heavy atom. The number of nitrogens with two attached hydrogens (primary N) is 1. The molecule has 0 saturated heterocycles. The van der Waals surface area contributed by atoms with Gasteiger partial charge in [-0.3, -0.25) is 9.59 Å². The van der Waals surface area contributed by atoms with Gasteiger partial charge in [-0.05, 0) is 57.6 Å². The Morgan fingerprint density at radius 3 is 2.78 bits per heavy atom. The van der Waals surface area contributed by atoms with E-state index in [9.17, 15) is 9.59 Å². The van der Waals surface area contributed by atoms with Crippen molar-refractivity contribution in [2.45, 2.75) is 82.3 Å². The van der Waals surface area contributed by atoms with Crippen LogP contribution in [0.2, 0.25) is 5.02 Å². The first-order valence-electron chi connectivity index (χ1n) is 11.6. The van der Waals surface area contributed by atoms with E-state index in [0.29, 0.717) is 28.1 Å². The summed E-state index contributed by atoms with van der Waals surface area (Å²) >= 11 is 6.54. The highest BCUT2D eigenvalue weighted by Crippen LogP contribution is 2.35. The van der Waals surface area contributed by atoms with Crippen molar-refractivity contribution >= 4 is 39.3 Å². The lowest BCUT2D eigenvalue weighted by Crippen LogP contribution is -2.57. The molecule has 3 aromatic rings. The summed E-state index contributed by atoms with van der Waals surface area (Å²) in [4.78, 5) is 26.6. The van der Waals surface area contributed by atoms with Crippen molar-refractivity contribution in [2.75, 3.05) is 0 Å². The molecule has 3 N–H and O–H groups in total. The van der Waals surface area contributed by atoms with Crippen molar-refractivity contribution < 1.29 is 9.32 Å². The van der Waals surface area contributed by atoms with E-state index in [2.05, 4.69) is 10.5 Å². The van der Waals surface area contributed by atoms with Gasteiger partial charge in [-0.25, -0.2) is 0 Å². The monoisotopic (exact) mass is 456 g/mol. The first-order valence-corrected chi connectivity index (χ1v) is 12.0. The van der Waals surface area contributed by atoms with Crippen LogP contribution in [0.5, 0.6) is 0 Å². The highest BCUT2D eigenvalue weighted by Gasteiger charge is 2.37. The Kier molecular flexibility index (Phi) is 5.50. The van der Waals surface area contributed by atoms with Gasteiger partial charge in [-0.1, -0.05) is 42.1 Å². The smallest absolute Gasteiger partial charge is 0.264 e. The number of benzene rings is 1. The van der Waals surface area contributed by atoms with Crippen LogP contribution in [0.1, 0.15) is 69.6 Å². The maximum absolute atomic E-state index is 13.6. The van der Waals surface area contributed by atoms with E-state index in [0.717, 1.165) is 62.3 Å². The van der Waals surface area contributed by atoms with Crippen LogP contribution >= 0.6 is 11.6 Å². The summed E-state index contributed by atoms with van der Waals surface area (Å²) in [7, 11) is 0. The summed E-state index contributed by atoms with van der Waals surface area (Å²) in [6.07, 6.45) is 7.96. The maximum atomic E-state index is 13.6. The van der Waals surface area contributed by atoms with Crippen molar-refractivity contribution in [1.29, 1.82) is 0 Å². The van der Waals surface area contributed by atoms with Gasteiger partial charge in [0.25, 0.3) is 5.56 Å². The largest absolute Gasteiger partial charge is 0.360 e. The predicted molar refractivity (Wildman–Crippen MR) is 125 cm³/mol. The molecule has 1 amide bonds. The third-order valence-corrected chi connectivity index (χ3v) is 7.64. The number of carbonyl (C=O) groups excluding carboxylic acids is 1. The van der Waals surface area contributed by atoms with E-state index in [-0.39, 0.29) is 23.6 Å². The molecule has 7 nitrogen and oxygen atoms in total. The zero-order chi connectivity index (χ0) is 22.5. The first-order chi connectivity index (χ1) is 15.4. The number of aromatic nitrogens is 2. The molecule has 2 heterocycles. The van der Waals surface area contributed by atoms with Gasteiger partial charge < -0.3 is 20.1 Å². The second kappa shape index (κ2) is 8.19. The molecule has 0 bridgehead atoms. The number of nitrogens with one attached hydrogen (secondary N) is 1. The quantitative estimate of drug-likeness (QED) is 0.609. The minimum Gasteiger partial charge on any atom is -0.360 e. The standard InChI is InChI=1S/C24H29ClN4O3/c1-14-19-21(28-32-14)20-17(25)9-6-10-18(20)29(22(19)30)16-8-5-7-15(13-16)27-23(31)24(26)11-3-2-4-12-24/h6,9-10,15-16H,2-5,7-8,11-13,26H2,1H3,(H,27,31). The molecule has 170 valence electrons. The Labute approximate surface area is 191 Å². The molecule has 0 spiro atoms. The zero-order valence-corrected chi connectivity index (χ0v) is 19.1. The van der Waals surface area contributed by atoms with Crippen LogP contribution < -0.4 is 16.6 Å². The number of rotatable bonds is 3. The molecule has 32 heavy (non-hydrogen) atoms. The van der Waals surface area contributed by atoms with Crippen molar-refractivity contribution in [1.82, 2.24) is 15.0 Å². The summed E-state index contributed by atoms with van der Waals surface area (Å²) in [6.45, 7) is 1.75. The fourth-order valence-electron chi connectivity index (χ4n) is 5.60. The third kappa shape index (κ3) is 3.52. The molecule has 2 aromatic heterocycles. The topological polar surface area (TPSA) is 103 Å². The van der Waals surface area contributed by atoms with Crippen LogP contribution in [0.4, 0.5) is 0 Å². The fraction of sp³-hybridized carbons (Fsp3) is 0.542. The Balaban J connectivity index is 1.50. The van der Waals surface area contributed by atoms with Crippen molar-refractivity contribution in [3.05, 3.63) is 39.3 Å². The first kappa shape index (κ1) is 21.5. The van der Waals surface area contributed by atoms with Gasteiger partial charge in [0.1, 0.15) is 16.7 Å². The maximum Gasteiger partial charge on any atom is 0.264 e. The Hall–Kier alpha value is -2.38. The molecule has 2 fully saturated rings. The van der Waals surface area contributed by atoms with Gasteiger partial charge in [0.05, 0.1) is 16.1 Å². The molecule has 1 aromatic carbocycles. The highest BCUT2D eigenvalue weighted by atomic mass is 35.5. The minimum atomic E-state index is -0.763. The number of aryl methyl sites for hydroxylation is 1. The Morgan fingerprint density at radius 2 is 2.00 bits per heavy atom. The molecule has 8 heteroatoms. The molecule has 2 saturated carbocycles. The fourth-order valence-corrected chi connectivity index (χ4v) is 5.86. The summed E-state index contributed by atoms with van der Waals surface area (Å²) in [5, 5.41) is 9.08. The number of hydrogen-bond donors (Lipinski definition) is 2. The lowest BCUT2D eigenvalue weighted by Gasteiger charge is -2.36. The van der Waals surface area contributed by atoms with Gasteiger partial charge in [-0.15, -0.1) is 0 Å². The van der Waals surface area contributed by atoms with E-state index in [4.69, 9.17) is 21.9 Å². The van der Waals surface area contributed by atoms with Crippen LogP contribution in [0.25, 0.3) is 21.8 Å². The van der Waals surface area contributed by atoms with Gasteiger partial charge >= 0.3 is 0 Å². The second-order valence-corrected chi connectivity index (χ2v) is 9.89. The number of nitrogens with zero attached hydrogens (tertiary/aromatic N) is 2. The second-order valence-electron chi connectivity index (χ2n) is 9.48. The van der Waals surface area contributed by atoms with Crippen LogP contribution in [-0.4, -0.2) is 27.2 Å². The predicted octanol–water partition coefficient (Wildman–Crippen LogP) is 4.37. The van der Waals surface area contributed by atoms with Crippen LogP contribution in [0.3, 0.4) is 0 Å².